The van der Waals surface area contributed by atoms with Crippen molar-refractivity contribution in [1.82, 2.24) is 5.32 Å². The summed E-state index contributed by atoms with van der Waals surface area (Å²) in [5, 5.41) is 3.41. The van der Waals surface area contributed by atoms with Crippen LogP contribution in [0.5, 0.6) is 0 Å². The summed E-state index contributed by atoms with van der Waals surface area (Å²) in [5.41, 5.74) is 1.08. The molecule has 22 heavy (non-hydrogen) atoms. The molecule has 0 aliphatic carbocycles. The lowest BCUT2D eigenvalue weighted by molar-refractivity contribution is -0.117. The number of rotatable bonds is 4. The van der Waals surface area contributed by atoms with E-state index in [4.69, 9.17) is 16.3 Å². The first kappa shape index (κ1) is 15.3. The molecule has 0 bridgehead atoms. The Balaban J connectivity index is 1.76. The van der Waals surface area contributed by atoms with Crippen LogP contribution in [0.1, 0.15) is 36.0 Å². The summed E-state index contributed by atoms with van der Waals surface area (Å²) >= 11 is 6.04. The standard InChI is InChI=1S/C16H19ClN2O3/c17-11-5-6-13(14(9-11)19-7-1-4-15(19)20)16(21)18-10-12-3-2-8-22-12/h5-6,9,12H,1-4,7-8,10H2,(H,18,21). The van der Waals surface area contributed by atoms with Crippen molar-refractivity contribution in [2.45, 2.75) is 31.8 Å². The largest absolute Gasteiger partial charge is 0.376 e. The molecule has 118 valence electrons. The van der Waals surface area contributed by atoms with Crippen molar-refractivity contribution in [3.8, 4) is 0 Å². The van der Waals surface area contributed by atoms with Crippen LogP contribution in [0.3, 0.4) is 0 Å². The Labute approximate surface area is 134 Å². The van der Waals surface area contributed by atoms with Crippen molar-refractivity contribution in [1.29, 1.82) is 0 Å². The lowest BCUT2D eigenvalue weighted by Crippen LogP contribution is -2.34. The van der Waals surface area contributed by atoms with Crippen LogP contribution in [0.2, 0.25) is 5.02 Å². The second kappa shape index (κ2) is 6.67. The van der Waals surface area contributed by atoms with Gasteiger partial charge in [0.05, 0.1) is 17.4 Å². The number of nitrogens with zero attached hydrogens (tertiary/aromatic N) is 1. The van der Waals surface area contributed by atoms with Gasteiger partial charge in [0.15, 0.2) is 0 Å². The Morgan fingerprint density at radius 1 is 1.41 bits per heavy atom. The van der Waals surface area contributed by atoms with Gasteiger partial charge in [-0.25, -0.2) is 0 Å². The number of carbonyl (C=O) groups is 2. The molecule has 2 fully saturated rings. The summed E-state index contributed by atoms with van der Waals surface area (Å²) < 4.78 is 5.51. The van der Waals surface area contributed by atoms with Crippen molar-refractivity contribution in [2.75, 3.05) is 24.6 Å². The molecule has 3 rings (SSSR count). The molecule has 1 N–H and O–H groups in total. The van der Waals surface area contributed by atoms with Crippen molar-refractivity contribution >= 4 is 29.1 Å². The average Bonchev–Trinajstić information content (AvgIpc) is 3.16. The molecule has 1 atom stereocenters. The van der Waals surface area contributed by atoms with Crippen LogP contribution in [0.25, 0.3) is 0 Å². The van der Waals surface area contributed by atoms with Gasteiger partial charge in [-0.2, -0.15) is 0 Å². The third-order valence-corrected chi connectivity index (χ3v) is 4.32. The van der Waals surface area contributed by atoms with E-state index in [0.717, 1.165) is 25.9 Å². The minimum absolute atomic E-state index is 0.0374. The predicted octanol–water partition coefficient (Wildman–Crippen LogP) is 2.38. The van der Waals surface area contributed by atoms with Gasteiger partial charge in [0.25, 0.3) is 5.91 Å². The minimum Gasteiger partial charge on any atom is -0.376 e. The summed E-state index contributed by atoms with van der Waals surface area (Å²) in [7, 11) is 0. The van der Waals surface area contributed by atoms with Crippen LogP contribution in [-0.4, -0.2) is 37.6 Å². The number of hydrogen-bond donors (Lipinski definition) is 1. The third kappa shape index (κ3) is 3.25. The summed E-state index contributed by atoms with van der Waals surface area (Å²) in [6.45, 7) is 1.88. The van der Waals surface area contributed by atoms with Crippen LogP contribution < -0.4 is 10.2 Å². The zero-order chi connectivity index (χ0) is 15.5. The van der Waals surface area contributed by atoms with Gasteiger partial charge in [-0.15, -0.1) is 0 Å². The molecule has 2 saturated heterocycles. The van der Waals surface area contributed by atoms with Crippen LogP contribution >= 0.6 is 11.6 Å². The van der Waals surface area contributed by atoms with E-state index in [-0.39, 0.29) is 17.9 Å². The van der Waals surface area contributed by atoms with Crippen LogP contribution in [0.15, 0.2) is 18.2 Å². The number of anilines is 1. The molecule has 5 nitrogen and oxygen atoms in total. The molecular weight excluding hydrogens is 304 g/mol. The molecule has 0 aromatic heterocycles. The number of benzene rings is 1. The maximum Gasteiger partial charge on any atom is 0.253 e. The summed E-state index contributed by atoms with van der Waals surface area (Å²) in [4.78, 5) is 26.1. The van der Waals surface area contributed by atoms with Gasteiger partial charge in [0.1, 0.15) is 0 Å². The number of ether oxygens (including phenoxy) is 1. The Morgan fingerprint density at radius 3 is 2.95 bits per heavy atom. The fraction of sp³-hybridized carbons (Fsp3) is 0.500. The van der Waals surface area contributed by atoms with Gasteiger partial charge in [0.2, 0.25) is 5.91 Å². The van der Waals surface area contributed by atoms with Gasteiger partial charge < -0.3 is 15.0 Å². The van der Waals surface area contributed by atoms with Gasteiger partial charge in [0, 0.05) is 31.1 Å². The van der Waals surface area contributed by atoms with E-state index in [0.29, 0.717) is 35.8 Å². The van der Waals surface area contributed by atoms with E-state index in [1.807, 2.05) is 0 Å². The van der Waals surface area contributed by atoms with E-state index >= 15 is 0 Å². The smallest absolute Gasteiger partial charge is 0.253 e. The maximum atomic E-state index is 12.4. The fourth-order valence-corrected chi connectivity index (χ4v) is 3.10. The maximum absolute atomic E-state index is 12.4. The Hall–Kier alpha value is -1.59. The number of carbonyl (C=O) groups excluding carboxylic acids is 2. The zero-order valence-electron chi connectivity index (χ0n) is 12.3. The second-order valence-corrected chi connectivity index (χ2v) is 6.09. The molecule has 1 aromatic carbocycles. The third-order valence-electron chi connectivity index (χ3n) is 4.08. The number of nitrogens with one attached hydrogen (secondary N) is 1. The highest BCUT2D eigenvalue weighted by Crippen LogP contribution is 2.28. The summed E-state index contributed by atoms with van der Waals surface area (Å²) in [6.07, 6.45) is 3.42. The second-order valence-electron chi connectivity index (χ2n) is 5.66. The number of amides is 2. The molecule has 6 heteroatoms. The molecule has 0 saturated carbocycles. The minimum atomic E-state index is -0.193. The number of halogens is 1. The van der Waals surface area contributed by atoms with E-state index < -0.39 is 0 Å². The van der Waals surface area contributed by atoms with Gasteiger partial charge in [-0.3, -0.25) is 9.59 Å². The molecule has 0 radical (unpaired) electrons. The van der Waals surface area contributed by atoms with Crippen molar-refractivity contribution in [2.24, 2.45) is 0 Å². The average molecular weight is 323 g/mol. The van der Waals surface area contributed by atoms with Crippen molar-refractivity contribution in [3.63, 3.8) is 0 Å². The molecule has 2 heterocycles. The van der Waals surface area contributed by atoms with E-state index in [1.165, 1.54) is 0 Å². The van der Waals surface area contributed by atoms with E-state index in [2.05, 4.69) is 5.32 Å². The predicted molar refractivity (Wildman–Crippen MR) is 84.3 cm³/mol. The Kier molecular flexibility index (Phi) is 4.64. The Morgan fingerprint density at radius 2 is 2.27 bits per heavy atom. The molecule has 0 spiro atoms. The lowest BCUT2D eigenvalue weighted by atomic mass is 10.1. The number of hydrogen-bond acceptors (Lipinski definition) is 3. The summed E-state index contributed by atoms with van der Waals surface area (Å²) in [5.74, 6) is -0.155. The van der Waals surface area contributed by atoms with E-state index in [9.17, 15) is 9.59 Å². The topological polar surface area (TPSA) is 58.6 Å². The normalized spacial score (nSPS) is 21.4. The molecule has 2 aliphatic heterocycles. The monoisotopic (exact) mass is 322 g/mol. The highest BCUT2D eigenvalue weighted by atomic mass is 35.5. The first-order valence-corrected chi connectivity index (χ1v) is 8.02. The highest BCUT2D eigenvalue weighted by molar-refractivity contribution is 6.31. The van der Waals surface area contributed by atoms with E-state index in [1.54, 1.807) is 23.1 Å². The highest BCUT2D eigenvalue weighted by Gasteiger charge is 2.26. The molecule has 2 aliphatic rings. The van der Waals surface area contributed by atoms with Crippen LogP contribution in [0.4, 0.5) is 5.69 Å². The SMILES string of the molecule is O=C(NCC1CCCO1)c1ccc(Cl)cc1N1CCCC1=O. The van der Waals surface area contributed by atoms with Crippen molar-refractivity contribution < 1.29 is 14.3 Å². The Bertz CT molecular complexity index is 585. The van der Waals surface area contributed by atoms with Crippen molar-refractivity contribution in [3.05, 3.63) is 28.8 Å². The van der Waals surface area contributed by atoms with Gasteiger partial charge >= 0.3 is 0 Å². The first-order valence-electron chi connectivity index (χ1n) is 7.65. The molecule has 2 amide bonds. The van der Waals surface area contributed by atoms with Crippen LogP contribution in [0, 0.1) is 0 Å². The first-order chi connectivity index (χ1) is 10.6. The van der Waals surface area contributed by atoms with Crippen LogP contribution in [-0.2, 0) is 9.53 Å². The molecule has 1 unspecified atom stereocenters. The zero-order valence-corrected chi connectivity index (χ0v) is 13.1. The van der Waals surface area contributed by atoms with Gasteiger partial charge in [-0.05, 0) is 37.5 Å². The lowest BCUT2D eigenvalue weighted by Gasteiger charge is -2.20. The fourth-order valence-electron chi connectivity index (χ4n) is 2.93. The molecular formula is C16H19ClN2O3. The quantitative estimate of drug-likeness (QED) is 0.926. The van der Waals surface area contributed by atoms with Gasteiger partial charge in [-0.1, -0.05) is 11.6 Å². The summed E-state index contributed by atoms with van der Waals surface area (Å²) in [6, 6.07) is 5.03. The molecule has 1 aromatic rings.